The van der Waals surface area contributed by atoms with Crippen LogP contribution in [0.1, 0.15) is 17.4 Å². The number of furan rings is 1. The van der Waals surface area contributed by atoms with Gasteiger partial charge in [-0.2, -0.15) is 0 Å². The Kier molecular flexibility index (Phi) is 1.93. The van der Waals surface area contributed by atoms with E-state index in [4.69, 9.17) is 4.42 Å². The molecular formula is C8H7NO2S. The summed E-state index contributed by atoms with van der Waals surface area (Å²) >= 11 is 1.46. The van der Waals surface area contributed by atoms with Crippen LogP contribution in [-0.4, -0.2) is 10.1 Å². The summed E-state index contributed by atoms with van der Waals surface area (Å²) in [5.41, 5.74) is 3.10. The van der Waals surface area contributed by atoms with Crippen LogP contribution < -0.4 is 0 Å². The average molecular weight is 181 g/mol. The molecule has 1 unspecified atom stereocenters. The maximum atomic E-state index is 9.65. The van der Waals surface area contributed by atoms with Gasteiger partial charge < -0.3 is 9.52 Å². The molecule has 3 nitrogen and oxygen atoms in total. The van der Waals surface area contributed by atoms with Crippen molar-refractivity contribution in [2.75, 3.05) is 0 Å². The molecular weight excluding hydrogens is 174 g/mol. The lowest BCUT2D eigenvalue weighted by Gasteiger charge is -2.02. The first kappa shape index (κ1) is 7.52. The van der Waals surface area contributed by atoms with E-state index in [0.717, 1.165) is 5.56 Å². The number of hydrogen-bond acceptors (Lipinski definition) is 4. The van der Waals surface area contributed by atoms with Crippen LogP contribution in [0, 0.1) is 0 Å². The van der Waals surface area contributed by atoms with Crippen LogP contribution in [0.3, 0.4) is 0 Å². The van der Waals surface area contributed by atoms with Crippen LogP contribution in [0.2, 0.25) is 0 Å². The first-order valence-electron chi connectivity index (χ1n) is 3.46. The van der Waals surface area contributed by atoms with Crippen molar-refractivity contribution in [3.8, 4) is 0 Å². The van der Waals surface area contributed by atoms with E-state index in [2.05, 4.69) is 4.98 Å². The maximum absolute atomic E-state index is 9.65. The van der Waals surface area contributed by atoms with Crippen molar-refractivity contribution in [1.82, 2.24) is 4.98 Å². The summed E-state index contributed by atoms with van der Waals surface area (Å²) in [4.78, 5) is 4.00. The van der Waals surface area contributed by atoms with Crippen molar-refractivity contribution in [3.63, 3.8) is 0 Å². The van der Waals surface area contributed by atoms with Crippen molar-refractivity contribution in [2.45, 2.75) is 6.10 Å². The minimum atomic E-state index is -0.657. The normalized spacial score (nSPS) is 13.1. The molecule has 1 N–H and O–H groups in total. The summed E-state index contributed by atoms with van der Waals surface area (Å²) in [5, 5.41) is 11.5. The molecule has 0 radical (unpaired) electrons. The molecule has 0 aliphatic rings. The average Bonchev–Trinajstić information content (AvgIpc) is 2.77. The monoisotopic (exact) mass is 181 g/mol. The van der Waals surface area contributed by atoms with E-state index < -0.39 is 6.10 Å². The first-order chi connectivity index (χ1) is 5.88. The molecule has 2 heterocycles. The van der Waals surface area contributed by atoms with Gasteiger partial charge in [0.1, 0.15) is 6.10 Å². The zero-order valence-electron chi connectivity index (χ0n) is 6.18. The number of rotatable bonds is 2. The Labute approximate surface area is 73.3 Å². The van der Waals surface area contributed by atoms with E-state index in [1.165, 1.54) is 23.9 Å². The second kappa shape index (κ2) is 3.08. The molecule has 0 saturated carbocycles. The van der Waals surface area contributed by atoms with Crippen LogP contribution in [0.5, 0.6) is 0 Å². The van der Waals surface area contributed by atoms with Crippen LogP contribution in [0.15, 0.2) is 33.9 Å². The standard InChI is InChI=1S/C8H7NO2S/c10-8(6-1-2-11-3-6)7-4-12-5-9-7/h1-5,8,10H. The van der Waals surface area contributed by atoms with Gasteiger partial charge in [-0.15, -0.1) is 11.3 Å². The Morgan fingerprint density at radius 1 is 1.58 bits per heavy atom. The molecule has 62 valence electrons. The highest BCUT2D eigenvalue weighted by molar-refractivity contribution is 7.07. The van der Waals surface area contributed by atoms with Gasteiger partial charge >= 0.3 is 0 Å². The Bertz CT molecular complexity index is 294. The van der Waals surface area contributed by atoms with Crippen molar-refractivity contribution in [3.05, 3.63) is 40.7 Å². The van der Waals surface area contributed by atoms with E-state index in [9.17, 15) is 5.11 Å². The Morgan fingerprint density at radius 3 is 3.08 bits per heavy atom. The van der Waals surface area contributed by atoms with Gasteiger partial charge in [0.25, 0.3) is 0 Å². The predicted molar refractivity (Wildman–Crippen MR) is 44.9 cm³/mol. The highest BCUT2D eigenvalue weighted by Gasteiger charge is 2.12. The van der Waals surface area contributed by atoms with Crippen LogP contribution in [0.25, 0.3) is 0 Å². The molecule has 0 bridgehead atoms. The molecule has 0 aliphatic heterocycles. The van der Waals surface area contributed by atoms with Crippen molar-refractivity contribution in [1.29, 1.82) is 0 Å². The molecule has 12 heavy (non-hydrogen) atoms. The van der Waals surface area contributed by atoms with E-state index in [1.54, 1.807) is 11.6 Å². The third kappa shape index (κ3) is 1.26. The largest absolute Gasteiger partial charge is 0.472 e. The Balaban J connectivity index is 2.27. The van der Waals surface area contributed by atoms with Gasteiger partial charge in [0.05, 0.1) is 23.7 Å². The smallest absolute Gasteiger partial charge is 0.125 e. The summed E-state index contributed by atoms with van der Waals surface area (Å²) in [7, 11) is 0. The molecule has 2 rings (SSSR count). The summed E-state index contributed by atoms with van der Waals surface area (Å²) in [6, 6.07) is 1.73. The SMILES string of the molecule is OC(c1ccoc1)c1cscn1. The Morgan fingerprint density at radius 2 is 2.50 bits per heavy atom. The van der Waals surface area contributed by atoms with E-state index in [-0.39, 0.29) is 0 Å². The zero-order valence-corrected chi connectivity index (χ0v) is 6.99. The van der Waals surface area contributed by atoms with Crippen LogP contribution in [0.4, 0.5) is 0 Å². The number of aliphatic hydroxyl groups excluding tert-OH is 1. The first-order valence-corrected chi connectivity index (χ1v) is 4.40. The number of aromatic nitrogens is 1. The topological polar surface area (TPSA) is 46.3 Å². The Hall–Kier alpha value is -1.13. The predicted octanol–water partition coefficient (Wildman–Crippen LogP) is 1.82. The highest BCUT2D eigenvalue weighted by Crippen LogP contribution is 2.21. The molecule has 1 atom stereocenters. The minimum Gasteiger partial charge on any atom is -0.472 e. The second-order valence-corrected chi connectivity index (χ2v) is 3.09. The maximum Gasteiger partial charge on any atom is 0.125 e. The van der Waals surface area contributed by atoms with Gasteiger partial charge in [-0.1, -0.05) is 0 Å². The summed E-state index contributed by atoms with van der Waals surface area (Å²) < 4.78 is 4.85. The molecule has 2 aromatic rings. The number of hydrogen-bond donors (Lipinski definition) is 1. The lowest BCUT2D eigenvalue weighted by molar-refractivity contribution is 0.215. The number of aliphatic hydroxyl groups is 1. The van der Waals surface area contributed by atoms with Gasteiger partial charge in [0, 0.05) is 10.9 Å². The van der Waals surface area contributed by atoms with E-state index in [0.29, 0.717) is 5.69 Å². The molecule has 2 aromatic heterocycles. The van der Waals surface area contributed by atoms with Gasteiger partial charge in [-0.25, -0.2) is 4.98 Å². The fourth-order valence-electron chi connectivity index (χ4n) is 0.958. The molecule has 0 fully saturated rings. The third-order valence-electron chi connectivity index (χ3n) is 1.59. The van der Waals surface area contributed by atoms with Crippen molar-refractivity contribution < 1.29 is 9.52 Å². The van der Waals surface area contributed by atoms with Gasteiger partial charge in [0.15, 0.2) is 0 Å². The molecule has 0 amide bonds. The summed E-state index contributed by atoms with van der Waals surface area (Å²) in [5.74, 6) is 0. The lowest BCUT2D eigenvalue weighted by Crippen LogP contribution is -1.97. The number of thiazole rings is 1. The summed E-state index contributed by atoms with van der Waals surface area (Å²) in [6.07, 6.45) is 2.39. The molecule has 4 heteroatoms. The van der Waals surface area contributed by atoms with Crippen molar-refractivity contribution in [2.24, 2.45) is 0 Å². The van der Waals surface area contributed by atoms with E-state index in [1.807, 2.05) is 5.38 Å². The van der Waals surface area contributed by atoms with Gasteiger partial charge in [-0.05, 0) is 6.07 Å². The van der Waals surface area contributed by atoms with E-state index >= 15 is 0 Å². The fourth-order valence-corrected chi connectivity index (χ4v) is 1.53. The zero-order chi connectivity index (χ0) is 8.39. The highest BCUT2D eigenvalue weighted by atomic mass is 32.1. The lowest BCUT2D eigenvalue weighted by atomic mass is 10.1. The van der Waals surface area contributed by atoms with Crippen LogP contribution in [-0.2, 0) is 0 Å². The van der Waals surface area contributed by atoms with Crippen molar-refractivity contribution >= 4 is 11.3 Å². The second-order valence-electron chi connectivity index (χ2n) is 2.37. The third-order valence-corrected chi connectivity index (χ3v) is 2.20. The quantitative estimate of drug-likeness (QED) is 0.768. The number of nitrogens with zero attached hydrogens (tertiary/aromatic N) is 1. The molecule has 0 saturated heterocycles. The van der Waals surface area contributed by atoms with Gasteiger partial charge in [-0.3, -0.25) is 0 Å². The summed E-state index contributed by atoms with van der Waals surface area (Å²) in [6.45, 7) is 0. The molecule has 0 aliphatic carbocycles. The van der Waals surface area contributed by atoms with Gasteiger partial charge in [0.2, 0.25) is 0 Å². The fraction of sp³-hybridized carbons (Fsp3) is 0.125. The minimum absolute atomic E-state index is 0.657. The molecule has 0 aromatic carbocycles. The van der Waals surface area contributed by atoms with Crippen LogP contribution >= 0.6 is 11.3 Å². The molecule has 0 spiro atoms.